The molecule has 1 aromatic heterocycles. The number of fused-ring (bicyclic) bond motifs is 1. The van der Waals surface area contributed by atoms with Crippen molar-refractivity contribution in [3.05, 3.63) is 24.5 Å². The number of hydrogen-bond donors (Lipinski definition) is 1. The zero-order valence-corrected chi connectivity index (χ0v) is 7.07. The molecule has 0 aliphatic rings. The van der Waals surface area contributed by atoms with Crippen molar-refractivity contribution in [2.24, 2.45) is 0 Å². The van der Waals surface area contributed by atoms with E-state index in [1.165, 1.54) is 6.92 Å². The van der Waals surface area contributed by atoms with E-state index in [-0.39, 0.29) is 5.97 Å². The average Bonchev–Trinajstić information content (AvgIpc) is 2.49. The highest BCUT2D eigenvalue weighted by Gasteiger charge is 2.00. The fraction of sp³-hybridized carbons (Fsp3) is 0.111. The predicted molar refractivity (Wildman–Crippen MR) is 47.4 cm³/mol. The second kappa shape index (κ2) is 2.90. The lowest BCUT2D eigenvalue weighted by Gasteiger charge is -1.99. The molecule has 0 amide bonds. The van der Waals surface area contributed by atoms with E-state index in [0.717, 1.165) is 11.0 Å². The van der Waals surface area contributed by atoms with Crippen LogP contribution in [-0.2, 0) is 4.79 Å². The number of esters is 1. The molecule has 1 N–H and O–H groups in total. The van der Waals surface area contributed by atoms with Crippen LogP contribution < -0.4 is 4.74 Å². The molecular weight excluding hydrogens is 168 g/mol. The van der Waals surface area contributed by atoms with E-state index >= 15 is 0 Å². The Kier molecular flexibility index (Phi) is 1.73. The quantitative estimate of drug-likeness (QED) is 0.529. The van der Waals surface area contributed by atoms with Gasteiger partial charge in [-0.05, 0) is 12.1 Å². The summed E-state index contributed by atoms with van der Waals surface area (Å²) in [6.45, 7) is 1.37. The molecule has 0 saturated carbocycles. The maximum absolute atomic E-state index is 10.6. The monoisotopic (exact) mass is 176 g/mol. The summed E-state index contributed by atoms with van der Waals surface area (Å²) in [5, 5.41) is 0. The summed E-state index contributed by atoms with van der Waals surface area (Å²) in [6.07, 6.45) is 1.60. The van der Waals surface area contributed by atoms with Crippen LogP contribution in [0.25, 0.3) is 11.0 Å². The van der Waals surface area contributed by atoms with Crippen molar-refractivity contribution in [1.82, 2.24) is 9.97 Å². The van der Waals surface area contributed by atoms with E-state index in [0.29, 0.717) is 5.75 Å². The molecule has 0 aliphatic heterocycles. The Morgan fingerprint density at radius 2 is 2.38 bits per heavy atom. The van der Waals surface area contributed by atoms with Gasteiger partial charge in [-0.3, -0.25) is 4.79 Å². The second-order valence-electron chi connectivity index (χ2n) is 2.68. The Labute approximate surface area is 74.5 Å². The van der Waals surface area contributed by atoms with Crippen molar-refractivity contribution in [3.63, 3.8) is 0 Å². The molecule has 0 unspecified atom stereocenters. The van der Waals surface area contributed by atoms with Crippen LogP contribution in [0.3, 0.4) is 0 Å². The van der Waals surface area contributed by atoms with Gasteiger partial charge in [-0.15, -0.1) is 0 Å². The fourth-order valence-corrected chi connectivity index (χ4v) is 1.14. The molecule has 2 rings (SSSR count). The number of rotatable bonds is 1. The summed E-state index contributed by atoms with van der Waals surface area (Å²) in [6, 6.07) is 5.26. The highest BCUT2D eigenvalue weighted by molar-refractivity contribution is 5.77. The Bertz CT molecular complexity index is 448. The minimum absolute atomic E-state index is 0.324. The van der Waals surface area contributed by atoms with E-state index in [9.17, 15) is 4.79 Å². The number of imidazole rings is 1. The van der Waals surface area contributed by atoms with Gasteiger partial charge in [-0.2, -0.15) is 0 Å². The second-order valence-corrected chi connectivity index (χ2v) is 2.68. The van der Waals surface area contributed by atoms with Crippen molar-refractivity contribution >= 4 is 17.0 Å². The summed E-state index contributed by atoms with van der Waals surface area (Å²) in [5.74, 6) is 0.196. The lowest BCUT2D eigenvalue weighted by Crippen LogP contribution is -2.00. The van der Waals surface area contributed by atoms with Gasteiger partial charge in [0.2, 0.25) is 0 Å². The number of benzene rings is 1. The van der Waals surface area contributed by atoms with E-state index in [1.54, 1.807) is 18.5 Å². The van der Waals surface area contributed by atoms with Crippen LogP contribution in [0.15, 0.2) is 24.5 Å². The first-order valence-electron chi connectivity index (χ1n) is 3.87. The van der Waals surface area contributed by atoms with Gasteiger partial charge in [0, 0.05) is 13.0 Å². The van der Waals surface area contributed by atoms with Crippen LogP contribution >= 0.6 is 0 Å². The van der Waals surface area contributed by atoms with E-state index < -0.39 is 0 Å². The van der Waals surface area contributed by atoms with Crippen LogP contribution in [0.5, 0.6) is 5.75 Å². The zero-order valence-electron chi connectivity index (χ0n) is 7.07. The summed E-state index contributed by atoms with van der Waals surface area (Å²) >= 11 is 0. The maximum Gasteiger partial charge on any atom is 0.308 e. The summed E-state index contributed by atoms with van der Waals surface area (Å²) in [4.78, 5) is 17.6. The zero-order chi connectivity index (χ0) is 9.26. The van der Waals surface area contributed by atoms with E-state index in [1.807, 2.05) is 6.07 Å². The fourth-order valence-electron chi connectivity index (χ4n) is 1.14. The lowest BCUT2D eigenvalue weighted by molar-refractivity contribution is -0.131. The van der Waals surface area contributed by atoms with Gasteiger partial charge < -0.3 is 9.72 Å². The maximum atomic E-state index is 10.6. The van der Waals surface area contributed by atoms with Gasteiger partial charge in [-0.25, -0.2) is 4.98 Å². The van der Waals surface area contributed by atoms with Crippen molar-refractivity contribution in [1.29, 1.82) is 0 Å². The molecule has 0 fully saturated rings. The molecule has 0 aliphatic carbocycles. The van der Waals surface area contributed by atoms with Crippen LogP contribution in [0.4, 0.5) is 0 Å². The normalized spacial score (nSPS) is 10.2. The van der Waals surface area contributed by atoms with Gasteiger partial charge >= 0.3 is 5.97 Å². The lowest BCUT2D eigenvalue weighted by atomic mass is 10.3. The molecule has 1 aromatic carbocycles. The minimum atomic E-state index is -0.324. The van der Waals surface area contributed by atoms with Gasteiger partial charge in [0.25, 0.3) is 0 Å². The standard InChI is InChI=1S/C9H8N2O2/c1-6(12)13-7-2-3-8-9(4-7)11-5-10-8/h2-5H,1H3,(H,10,11). The van der Waals surface area contributed by atoms with Crippen molar-refractivity contribution in [3.8, 4) is 5.75 Å². The number of nitrogens with zero attached hydrogens (tertiary/aromatic N) is 1. The number of ether oxygens (including phenoxy) is 1. The number of aromatic amines is 1. The van der Waals surface area contributed by atoms with Crippen molar-refractivity contribution in [2.45, 2.75) is 6.92 Å². The largest absolute Gasteiger partial charge is 0.427 e. The van der Waals surface area contributed by atoms with E-state index in [4.69, 9.17) is 4.74 Å². The third-order valence-electron chi connectivity index (χ3n) is 1.65. The average molecular weight is 176 g/mol. The van der Waals surface area contributed by atoms with Crippen LogP contribution in [-0.4, -0.2) is 15.9 Å². The Balaban J connectivity index is 2.42. The Morgan fingerprint density at radius 1 is 1.54 bits per heavy atom. The molecule has 2 aromatic rings. The molecular formula is C9H8N2O2. The summed E-state index contributed by atoms with van der Waals surface area (Å²) in [7, 11) is 0. The smallest absolute Gasteiger partial charge is 0.308 e. The van der Waals surface area contributed by atoms with Crippen molar-refractivity contribution < 1.29 is 9.53 Å². The topological polar surface area (TPSA) is 55.0 Å². The van der Waals surface area contributed by atoms with Gasteiger partial charge in [0.15, 0.2) is 0 Å². The molecule has 1 heterocycles. The van der Waals surface area contributed by atoms with Crippen molar-refractivity contribution in [2.75, 3.05) is 0 Å². The number of carbonyl (C=O) groups excluding carboxylic acids is 1. The minimum Gasteiger partial charge on any atom is -0.427 e. The molecule has 0 radical (unpaired) electrons. The Morgan fingerprint density at radius 3 is 3.15 bits per heavy atom. The van der Waals surface area contributed by atoms with Gasteiger partial charge in [0.1, 0.15) is 5.75 Å². The predicted octanol–water partition coefficient (Wildman–Crippen LogP) is 1.49. The molecule has 0 bridgehead atoms. The molecule has 66 valence electrons. The summed E-state index contributed by atoms with van der Waals surface area (Å²) < 4.78 is 4.90. The molecule has 4 heteroatoms. The van der Waals surface area contributed by atoms with Gasteiger partial charge in [0.05, 0.1) is 17.4 Å². The molecule has 0 atom stereocenters. The van der Waals surface area contributed by atoms with Crippen LogP contribution in [0, 0.1) is 0 Å². The number of carbonyl (C=O) groups is 1. The molecule has 13 heavy (non-hydrogen) atoms. The highest BCUT2D eigenvalue weighted by Crippen LogP contribution is 2.17. The molecule has 4 nitrogen and oxygen atoms in total. The first-order valence-corrected chi connectivity index (χ1v) is 3.87. The summed E-state index contributed by atoms with van der Waals surface area (Å²) in [5.41, 5.74) is 1.72. The van der Waals surface area contributed by atoms with E-state index in [2.05, 4.69) is 9.97 Å². The number of hydrogen-bond acceptors (Lipinski definition) is 3. The Hall–Kier alpha value is -1.84. The molecule has 0 spiro atoms. The number of H-pyrrole nitrogens is 1. The highest BCUT2D eigenvalue weighted by atomic mass is 16.5. The number of aromatic nitrogens is 2. The van der Waals surface area contributed by atoms with Crippen LogP contribution in [0.1, 0.15) is 6.92 Å². The molecule has 0 saturated heterocycles. The SMILES string of the molecule is CC(=O)Oc1ccc2[nH]cnc2c1. The van der Waals surface area contributed by atoms with Crippen LogP contribution in [0.2, 0.25) is 0 Å². The van der Waals surface area contributed by atoms with Gasteiger partial charge in [-0.1, -0.05) is 0 Å². The first-order chi connectivity index (χ1) is 6.25. The number of nitrogens with one attached hydrogen (secondary N) is 1. The third-order valence-corrected chi connectivity index (χ3v) is 1.65. The first kappa shape index (κ1) is 7.79. The third kappa shape index (κ3) is 1.51.